The topological polar surface area (TPSA) is 38.8 Å². The van der Waals surface area contributed by atoms with Gasteiger partial charge >= 0.3 is 6.09 Å². The molecule has 27 heavy (non-hydrogen) atoms. The summed E-state index contributed by atoms with van der Waals surface area (Å²) >= 11 is 0. The van der Waals surface area contributed by atoms with Crippen molar-refractivity contribution in [2.24, 2.45) is 0 Å². The largest absolute Gasteiger partial charge is 0.444 e. The Hall–Kier alpha value is -2.40. The lowest BCUT2D eigenvalue weighted by Gasteiger charge is -2.44. The second-order valence-electron chi connectivity index (χ2n) is 8.18. The van der Waals surface area contributed by atoms with Crippen molar-refractivity contribution in [3.63, 3.8) is 0 Å². The van der Waals surface area contributed by atoms with Crippen molar-refractivity contribution in [2.45, 2.75) is 44.9 Å². The maximum atomic E-state index is 14.2. The third kappa shape index (κ3) is 3.44. The first-order chi connectivity index (χ1) is 12.8. The minimum Gasteiger partial charge on any atom is -0.444 e. The molecule has 1 fully saturated rings. The van der Waals surface area contributed by atoms with E-state index in [0.717, 1.165) is 16.5 Å². The third-order valence-electron chi connectivity index (χ3n) is 5.02. The highest BCUT2D eigenvalue weighted by molar-refractivity contribution is 5.94. The zero-order chi connectivity index (χ0) is 19.2. The van der Waals surface area contributed by atoms with Gasteiger partial charge in [-0.3, -0.25) is 4.90 Å². The zero-order valence-electron chi connectivity index (χ0n) is 15.9. The average Bonchev–Trinajstić information content (AvgIpc) is 2.60. The number of amides is 1. The van der Waals surface area contributed by atoms with Crippen LogP contribution in [0.2, 0.25) is 0 Å². The fourth-order valence-electron chi connectivity index (χ4n) is 3.94. The molecular weight excluding hydrogens is 345 g/mol. The molecule has 2 aromatic carbocycles. The molecule has 0 N–H and O–H groups in total. The molecule has 5 heteroatoms. The fraction of sp³-hybridized carbons (Fsp3) is 0.409. The molecule has 2 aromatic rings. The molecule has 2 bridgehead atoms. The molecule has 1 saturated heterocycles. The lowest BCUT2D eigenvalue weighted by molar-refractivity contribution is -0.0510. The van der Waals surface area contributed by atoms with Crippen molar-refractivity contribution in [3.05, 3.63) is 53.9 Å². The van der Waals surface area contributed by atoms with Gasteiger partial charge in [0, 0.05) is 5.39 Å². The number of carbonyl (C=O) groups excluding carboxylic acids is 1. The Balaban J connectivity index is 1.71. The van der Waals surface area contributed by atoms with Crippen molar-refractivity contribution in [1.82, 2.24) is 4.90 Å². The van der Waals surface area contributed by atoms with E-state index >= 15 is 0 Å². The van der Waals surface area contributed by atoms with Gasteiger partial charge in [-0.1, -0.05) is 36.4 Å². The molecule has 1 amide bonds. The predicted molar refractivity (Wildman–Crippen MR) is 103 cm³/mol. The average molecular weight is 369 g/mol. The van der Waals surface area contributed by atoms with Crippen LogP contribution in [0.25, 0.3) is 16.3 Å². The summed E-state index contributed by atoms with van der Waals surface area (Å²) in [5.41, 5.74) is 1.61. The number of morpholine rings is 1. The van der Waals surface area contributed by atoms with Crippen LogP contribution in [-0.4, -0.2) is 41.9 Å². The molecule has 2 atom stereocenters. The second kappa shape index (κ2) is 6.64. The third-order valence-corrected chi connectivity index (χ3v) is 5.02. The molecule has 0 aromatic heterocycles. The summed E-state index contributed by atoms with van der Waals surface area (Å²) in [4.78, 5) is 14.5. The minimum atomic E-state index is -0.538. The normalized spacial score (nSPS) is 22.5. The Labute approximate surface area is 158 Å². The van der Waals surface area contributed by atoms with Gasteiger partial charge in [-0.05, 0) is 49.8 Å². The molecule has 0 radical (unpaired) electrons. The number of hydrogen-bond acceptors (Lipinski definition) is 3. The van der Waals surface area contributed by atoms with Gasteiger partial charge < -0.3 is 9.47 Å². The van der Waals surface area contributed by atoms with Crippen LogP contribution in [0.5, 0.6) is 0 Å². The van der Waals surface area contributed by atoms with Gasteiger partial charge in [-0.2, -0.15) is 0 Å². The summed E-state index contributed by atoms with van der Waals surface area (Å²) in [5.74, 6) is -0.218. The van der Waals surface area contributed by atoms with Gasteiger partial charge in [0.05, 0.1) is 25.3 Å². The van der Waals surface area contributed by atoms with E-state index < -0.39 is 5.60 Å². The quantitative estimate of drug-likeness (QED) is 0.727. The van der Waals surface area contributed by atoms with Crippen molar-refractivity contribution in [1.29, 1.82) is 0 Å². The maximum Gasteiger partial charge on any atom is 0.411 e. The zero-order valence-corrected chi connectivity index (χ0v) is 15.9. The van der Waals surface area contributed by atoms with E-state index in [1.165, 1.54) is 6.07 Å². The van der Waals surface area contributed by atoms with E-state index in [9.17, 15) is 9.18 Å². The number of ether oxygens (including phenoxy) is 2. The first-order valence-electron chi connectivity index (χ1n) is 9.31. The standard InChI is InChI=1S/C22H24FNO3/c1-22(2,3)27-21(25)24-15-10-14(11-16(24)13-26-12-15)17-8-9-20(23)19-7-5-4-6-18(17)19/h4-10,15-16H,11-13H2,1-3H3. The molecule has 2 heterocycles. The van der Waals surface area contributed by atoms with Crippen LogP contribution < -0.4 is 0 Å². The van der Waals surface area contributed by atoms with Crippen LogP contribution in [0.4, 0.5) is 9.18 Å². The summed E-state index contributed by atoms with van der Waals surface area (Å²) in [6.45, 7) is 6.53. The Morgan fingerprint density at radius 3 is 2.59 bits per heavy atom. The number of hydrogen-bond donors (Lipinski definition) is 0. The van der Waals surface area contributed by atoms with E-state index in [1.54, 1.807) is 11.0 Å². The van der Waals surface area contributed by atoms with E-state index in [0.29, 0.717) is 25.0 Å². The summed E-state index contributed by atoms with van der Waals surface area (Å²) in [6, 6.07) is 10.6. The molecule has 4 nitrogen and oxygen atoms in total. The van der Waals surface area contributed by atoms with Gasteiger partial charge in [-0.15, -0.1) is 0 Å². The van der Waals surface area contributed by atoms with Crippen LogP contribution >= 0.6 is 0 Å². The number of rotatable bonds is 1. The van der Waals surface area contributed by atoms with E-state index in [1.807, 2.05) is 45.0 Å². The number of fused-ring (bicyclic) bond motifs is 3. The highest BCUT2D eigenvalue weighted by atomic mass is 19.1. The molecule has 2 aliphatic heterocycles. The van der Waals surface area contributed by atoms with E-state index in [4.69, 9.17) is 9.47 Å². The lowest BCUT2D eigenvalue weighted by atomic mass is 9.87. The predicted octanol–water partition coefficient (Wildman–Crippen LogP) is 4.77. The fourth-order valence-corrected chi connectivity index (χ4v) is 3.94. The van der Waals surface area contributed by atoms with E-state index in [-0.39, 0.29) is 24.0 Å². The van der Waals surface area contributed by atoms with Gasteiger partial charge in [0.1, 0.15) is 11.4 Å². The van der Waals surface area contributed by atoms with Gasteiger partial charge in [0.2, 0.25) is 0 Å². The molecule has 0 spiro atoms. The van der Waals surface area contributed by atoms with Gasteiger partial charge in [0.15, 0.2) is 0 Å². The van der Waals surface area contributed by atoms with Crippen LogP contribution in [0, 0.1) is 5.82 Å². The smallest absolute Gasteiger partial charge is 0.411 e. The maximum absolute atomic E-state index is 14.2. The molecule has 0 saturated carbocycles. The highest BCUT2D eigenvalue weighted by Gasteiger charge is 2.40. The van der Waals surface area contributed by atoms with Gasteiger partial charge in [-0.25, -0.2) is 9.18 Å². The first kappa shape index (κ1) is 18.0. The Morgan fingerprint density at radius 1 is 1.15 bits per heavy atom. The van der Waals surface area contributed by atoms with E-state index in [2.05, 4.69) is 6.08 Å². The van der Waals surface area contributed by atoms with Crippen LogP contribution in [0.15, 0.2) is 42.5 Å². The summed E-state index contributed by atoms with van der Waals surface area (Å²) in [5, 5.41) is 1.51. The van der Waals surface area contributed by atoms with Crippen LogP contribution in [0.3, 0.4) is 0 Å². The summed E-state index contributed by atoms with van der Waals surface area (Å²) < 4.78 is 25.5. The number of benzene rings is 2. The number of carbonyl (C=O) groups is 1. The molecule has 2 unspecified atom stereocenters. The second-order valence-corrected chi connectivity index (χ2v) is 8.18. The van der Waals surface area contributed by atoms with Crippen LogP contribution in [-0.2, 0) is 9.47 Å². The van der Waals surface area contributed by atoms with Crippen molar-refractivity contribution in [2.75, 3.05) is 13.2 Å². The summed E-state index contributed by atoms with van der Waals surface area (Å²) in [7, 11) is 0. The number of nitrogens with zero attached hydrogens (tertiary/aromatic N) is 1. The monoisotopic (exact) mass is 369 g/mol. The molecular formula is C22H24FNO3. The molecule has 142 valence electrons. The number of halogens is 1. The molecule has 4 rings (SSSR count). The Morgan fingerprint density at radius 2 is 1.89 bits per heavy atom. The minimum absolute atomic E-state index is 0.0811. The lowest BCUT2D eigenvalue weighted by Crippen LogP contribution is -2.57. The molecule has 2 aliphatic rings. The van der Waals surface area contributed by atoms with Gasteiger partial charge in [0.25, 0.3) is 0 Å². The van der Waals surface area contributed by atoms with Crippen LogP contribution in [0.1, 0.15) is 32.8 Å². The van der Waals surface area contributed by atoms with Crippen molar-refractivity contribution < 1.29 is 18.7 Å². The SMILES string of the molecule is CC(C)(C)OC(=O)N1C2C=C(c3ccc(F)c4ccccc34)CC1COC2. The summed E-state index contributed by atoms with van der Waals surface area (Å²) in [6.07, 6.45) is 2.42. The van der Waals surface area contributed by atoms with Crippen molar-refractivity contribution in [3.8, 4) is 0 Å². The highest BCUT2D eigenvalue weighted by Crippen LogP contribution is 2.36. The Bertz CT molecular complexity index is 915. The van der Waals surface area contributed by atoms with Crippen molar-refractivity contribution >= 4 is 22.4 Å². The Kier molecular flexibility index (Phi) is 4.42. The first-order valence-corrected chi connectivity index (χ1v) is 9.31. The molecule has 0 aliphatic carbocycles.